The highest BCUT2D eigenvalue weighted by atomic mass is 16.5. The minimum absolute atomic E-state index is 0.00517. The maximum atomic E-state index is 13.2. The van der Waals surface area contributed by atoms with Gasteiger partial charge in [-0.2, -0.15) is 0 Å². The van der Waals surface area contributed by atoms with Gasteiger partial charge in [0, 0.05) is 6.42 Å². The minimum atomic E-state index is -0.827. The molecule has 0 saturated carbocycles. The third kappa shape index (κ3) is 48.3. The van der Waals surface area contributed by atoms with Gasteiger partial charge in [-0.05, 0) is 77.0 Å². The van der Waals surface area contributed by atoms with Gasteiger partial charge in [-0.1, -0.05) is 257 Å². The van der Waals surface area contributed by atoms with E-state index in [9.17, 15) is 19.8 Å². The second-order valence-corrected chi connectivity index (χ2v) is 17.7. The van der Waals surface area contributed by atoms with Gasteiger partial charge in [-0.25, -0.2) is 0 Å². The summed E-state index contributed by atoms with van der Waals surface area (Å²) in [6.07, 6.45) is 75.2. The number of ether oxygens (including phenoxy) is 1. The number of aliphatic hydroxyl groups excluding tert-OH is 2. The molecule has 0 fully saturated rings. The topological polar surface area (TPSA) is 95.9 Å². The van der Waals surface area contributed by atoms with Crippen LogP contribution in [0.25, 0.3) is 0 Å². The number of esters is 1. The lowest BCUT2D eigenvalue weighted by Gasteiger charge is -2.24. The summed E-state index contributed by atoms with van der Waals surface area (Å²) >= 11 is 0. The Kier molecular flexibility index (Phi) is 49.8. The molecule has 67 heavy (non-hydrogen) atoms. The molecule has 6 nitrogen and oxygen atoms in total. The van der Waals surface area contributed by atoms with Gasteiger partial charge in [0.15, 0.2) is 0 Å². The third-order valence-corrected chi connectivity index (χ3v) is 11.4. The van der Waals surface area contributed by atoms with E-state index in [4.69, 9.17) is 4.74 Å². The summed E-state index contributed by atoms with van der Waals surface area (Å²) in [7, 11) is 0. The van der Waals surface area contributed by atoms with Gasteiger partial charge in [0.05, 0.1) is 25.2 Å². The van der Waals surface area contributed by atoms with Crippen LogP contribution >= 0.6 is 0 Å². The Balaban J connectivity index is 4.80. The Hall–Kier alpha value is -4.00. The van der Waals surface area contributed by atoms with Crippen molar-refractivity contribution in [3.63, 3.8) is 0 Å². The van der Waals surface area contributed by atoms with E-state index in [0.717, 1.165) is 77.0 Å². The van der Waals surface area contributed by atoms with Crippen LogP contribution in [0, 0.1) is 0 Å². The number of hydrogen-bond donors (Lipinski definition) is 3. The number of unbranched alkanes of at least 4 members (excludes halogenated alkanes) is 17. The summed E-state index contributed by atoms with van der Waals surface area (Å²) in [6.45, 7) is 6.19. The smallest absolute Gasteiger partial charge is 0.306 e. The highest BCUT2D eigenvalue weighted by Crippen LogP contribution is 2.16. The van der Waals surface area contributed by atoms with Crippen LogP contribution in [0.5, 0.6) is 0 Å². The van der Waals surface area contributed by atoms with Crippen LogP contribution in [0.15, 0.2) is 134 Å². The van der Waals surface area contributed by atoms with E-state index in [0.29, 0.717) is 19.3 Å². The fourth-order valence-electron chi connectivity index (χ4n) is 7.39. The van der Waals surface area contributed by atoms with E-state index in [2.05, 4.69) is 99.0 Å². The van der Waals surface area contributed by atoms with Crippen LogP contribution in [0.4, 0.5) is 0 Å². The zero-order chi connectivity index (χ0) is 48.8. The highest BCUT2D eigenvalue weighted by molar-refractivity contribution is 5.77. The zero-order valence-electron chi connectivity index (χ0n) is 43.0. The third-order valence-electron chi connectivity index (χ3n) is 11.4. The maximum Gasteiger partial charge on any atom is 0.306 e. The Morgan fingerprint density at radius 2 is 0.881 bits per heavy atom. The Bertz CT molecular complexity index is 1460. The van der Waals surface area contributed by atoms with Crippen molar-refractivity contribution in [3.05, 3.63) is 134 Å². The van der Waals surface area contributed by atoms with Crippen molar-refractivity contribution in [1.29, 1.82) is 0 Å². The van der Waals surface area contributed by atoms with Crippen LogP contribution in [-0.4, -0.2) is 46.9 Å². The second kappa shape index (κ2) is 53.0. The second-order valence-electron chi connectivity index (χ2n) is 17.7. The minimum Gasteiger partial charge on any atom is -0.462 e. The van der Waals surface area contributed by atoms with E-state index in [1.807, 2.05) is 60.8 Å². The molecule has 3 unspecified atom stereocenters. The summed E-state index contributed by atoms with van der Waals surface area (Å²) in [5, 5.41) is 23.8. The van der Waals surface area contributed by atoms with Crippen LogP contribution in [0.1, 0.15) is 213 Å². The maximum absolute atomic E-state index is 13.2. The average molecular weight is 926 g/mol. The van der Waals surface area contributed by atoms with E-state index < -0.39 is 18.2 Å². The van der Waals surface area contributed by atoms with Crippen LogP contribution in [-0.2, 0) is 14.3 Å². The first-order valence-electron chi connectivity index (χ1n) is 27.0. The van der Waals surface area contributed by atoms with Crippen molar-refractivity contribution >= 4 is 11.9 Å². The molecule has 0 spiro atoms. The number of carbonyl (C=O) groups excluding carboxylic acids is 2. The lowest BCUT2D eigenvalue weighted by molar-refractivity contribution is -0.151. The first-order chi connectivity index (χ1) is 33.0. The van der Waals surface area contributed by atoms with Gasteiger partial charge in [-0.3, -0.25) is 9.59 Å². The molecule has 0 aromatic heterocycles. The molecule has 3 N–H and O–H groups in total. The van der Waals surface area contributed by atoms with Crippen molar-refractivity contribution in [2.24, 2.45) is 0 Å². The monoisotopic (exact) mass is 926 g/mol. The van der Waals surface area contributed by atoms with E-state index in [-0.39, 0.29) is 31.3 Å². The van der Waals surface area contributed by atoms with Gasteiger partial charge in [0.2, 0.25) is 5.91 Å². The van der Waals surface area contributed by atoms with Crippen LogP contribution in [0.2, 0.25) is 0 Å². The number of rotatable bonds is 46. The molecule has 0 saturated heterocycles. The van der Waals surface area contributed by atoms with E-state index in [1.54, 1.807) is 0 Å². The molecule has 0 bridgehead atoms. The van der Waals surface area contributed by atoms with Crippen LogP contribution < -0.4 is 5.32 Å². The normalized spacial score (nSPS) is 14.3. The predicted octanol–water partition coefficient (Wildman–Crippen LogP) is 16.6. The first kappa shape index (κ1) is 63.0. The highest BCUT2D eigenvalue weighted by Gasteiger charge is 2.24. The van der Waals surface area contributed by atoms with Crippen molar-refractivity contribution in [2.75, 3.05) is 6.61 Å². The molecule has 0 radical (unpaired) electrons. The van der Waals surface area contributed by atoms with Gasteiger partial charge in [0.25, 0.3) is 0 Å². The number of nitrogens with one attached hydrogen (secondary N) is 1. The molecule has 1 amide bonds. The molecule has 378 valence electrons. The lowest BCUT2D eigenvalue weighted by atomic mass is 10.0. The molecule has 6 heteroatoms. The van der Waals surface area contributed by atoms with Gasteiger partial charge in [0.1, 0.15) is 6.10 Å². The summed E-state index contributed by atoms with van der Waals surface area (Å²) in [5.41, 5.74) is 0. The number of allylic oxidation sites excluding steroid dienone is 22. The van der Waals surface area contributed by atoms with Gasteiger partial charge in [-0.15, -0.1) is 0 Å². The molecule has 0 aliphatic heterocycles. The molecular weight excluding hydrogens is 827 g/mol. The van der Waals surface area contributed by atoms with Crippen molar-refractivity contribution in [3.8, 4) is 0 Å². The molecule has 0 rings (SSSR count). The molecule has 0 aromatic carbocycles. The van der Waals surface area contributed by atoms with E-state index >= 15 is 0 Å². The SMILES string of the molecule is CC\C=C/C=C/C=C/C=C\C=C\C=C\CCCC(CC(=O)NC(CO)C(O)CCCCCCCCCCCCCCCCCC)OC(=O)CCC/C=C\C/C=C\C/C=C\C/C=C\C/C=C\CC. The van der Waals surface area contributed by atoms with Gasteiger partial charge >= 0.3 is 5.97 Å². The van der Waals surface area contributed by atoms with Gasteiger partial charge < -0.3 is 20.3 Å². The predicted molar refractivity (Wildman–Crippen MR) is 291 cm³/mol. The van der Waals surface area contributed by atoms with Crippen molar-refractivity contribution in [1.82, 2.24) is 5.32 Å². The molecule has 0 heterocycles. The molecular formula is C61H99NO5. The Labute approximate surface area is 412 Å². The number of aliphatic hydroxyl groups is 2. The molecule has 3 atom stereocenters. The quantitative estimate of drug-likeness (QED) is 0.0245. The largest absolute Gasteiger partial charge is 0.462 e. The average Bonchev–Trinajstić information content (AvgIpc) is 3.32. The summed E-state index contributed by atoms with van der Waals surface area (Å²) in [4.78, 5) is 26.2. The fraction of sp³-hybridized carbons (Fsp3) is 0.607. The Morgan fingerprint density at radius 3 is 1.36 bits per heavy atom. The zero-order valence-corrected chi connectivity index (χ0v) is 43.0. The Morgan fingerprint density at radius 1 is 0.463 bits per heavy atom. The first-order valence-corrected chi connectivity index (χ1v) is 27.0. The summed E-state index contributed by atoms with van der Waals surface area (Å²) < 4.78 is 5.87. The van der Waals surface area contributed by atoms with Crippen molar-refractivity contribution in [2.45, 2.75) is 232 Å². The number of carbonyl (C=O) groups is 2. The number of amides is 1. The molecule has 0 aromatic rings. The lowest BCUT2D eigenvalue weighted by Crippen LogP contribution is -2.46. The van der Waals surface area contributed by atoms with Crippen LogP contribution in [0.3, 0.4) is 0 Å². The summed E-state index contributed by atoms with van der Waals surface area (Å²) in [5.74, 6) is -0.631. The van der Waals surface area contributed by atoms with Crippen molar-refractivity contribution < 1.29 is 24.5 Å². The summed E-state index contributed by atoms with van der Waals surface area (Å²) in [6, 6.07) is -0.748. The fourth-order valence-corrected chi connectivity index (χ4v) is 7.39. The number of hydrogen-bond acceptors (Lipinski definition) is 5. The molecule has 0 aliphatic carbocycles. The molecule has 0 aliphatic rings. The van der Waals surface area contributed by atoms with E-state index in [1.165, 1.54) is 83.5 Å². The standard InChI is InChI=1S/C61H99NO5/c1-4-7-10-13-16-19-22-25-28-30-33-36-39-42-45-48-51-54-61(66)67-57(52-49-46-43-40-37-34-31-27-24-21-18-15-12-9-6-3)55-60(65)62-58(56-63)59(64)53-50-47-44-41-38-35-32-29-26-23-20-17-14-11-8-5-2/h7,9-10,12,15-16,18-19,21,24-25,27-28,31,33-34,36-37,40,42-43,45,57-59,63-64H,4-6,8,11,13-14,17,20,22-23,26,29-30,32,35,38-39,41,44,46-56H2,1-3H3,(H,62,65)/b10-7-,12-9-,18-15+,19-16-,24-21+,28-25-,31-27-,36-33-,37-34+,43-40+,45-42-.